The summed E-state index contributed by atoms with van der Waals surface area (Å²) in [5.74, 6) is 0.321. The number of nitrogens with zero attached hydrogens (tertiary/aromatic N) is 2. The first-order valence-electron chi connectivity index (χ1n) is 6.78. The first-order chi connectivity index (χ1) is 9.20. The van der Waals surface area contributed by atoms with Gasteiger partial charge in [-0.15, -0.1) is 0 Å². The average Bonchev–Trinajstić information content (AvgIpc) is 2.42. The zero-order chi connectivity index (χ0) is 13.7. The van der Waals surface area contributed by atoms with Gasteiger partial charge in [-0.2, -0.15) is 0 Å². The smallest absolute Gasteiger partial charge is 0.256 e. The lowest BCUT2D eigenvalue weighted by Crippen LogP contribution is -2.43. The predicted molar refractivity (Wildman–Crippen MR) is 73.4 cm³/mol. The molecule has 0 aliphatic carbocycles. The minimum Gasteiger partial charge on any atom is -0.477 e. The normalized spacial score (nSPS) is 17.2. The van der Waals surface area contributed by atoms with Crippen molar-refractivity contribution in [2.24, 2.45) is 0 Å². The molecule has 1 fully saturated rings. The molecule has 1 amide bonds. The fraction of sp³-hybridized carbons (Fsp3) is 0.571. The van der Waals surface area contributed by atoms with Crippen LogP contribution in [-0.4, -0.2) is 48.6 Å². The molecule has 5 nitrogen and oxygen atoms in total. The Morgan fingerprint density at radius 1 is 1.53 bits per heavy atom. The van der Waals surface area contributed by atoms with Crippen molar-refractivity contribution in [3.63, 3.8) is 0 Å². The second-order valence-electron chi connectivity index (χ2n) is 4.84. The Morgan fingerprint density at radius 3 is 2.95 bits per heavy atom. The topological polar surface area (TPSA) is 54.5 Å². The second-order valence-corrected chi connectivity index (χ2v) is 4.84. The van der Waals surface area contributed by atoms with Gasteiger partial charge in [-0.3, -0.25) is 4.79 Å². The highest BCUT2D eigenvalue weighted by atomic mass is 16.5. The maximum absolute atomic E-state index is 12.2. The molecule has 2 heterocycles. The van der Waals surface area contributed by atoms with Gasteiger partial charge in [-0.25, -0.2) is 4.98 Å². The molecule has 104 valence electrons. The van der Waals surface area contributed by atoms with Crippen LogP contribution in [0.3, 0.4) is 0 Å². The molecule has 1 aromatic heterocycles. The highest BCUT2D eigenvalue weighted by Crippen LogP contribution is 2.15. The average molecular weight is 263 g/mol. The number of hydrogen-bond donors (Lipinski definition) is 1. The van der Waals surface area contributed by atoms with E-state index in [0.29, 0.717) is 18.1 Å². The summed E-state index contributed by atoms with van der Waals surface area (Å²) >= 11 is 0. The zero-order valence-electron chi connectivity index (χ0n) is 11.6. The molecule has 1 aliphatic rings. The van der Waals surface area contributed by atoms with Gasteiger partial charge >= 0.3 is 0 Å². The Kier molecular flexibility index (Phi) is 4.74. The summed E-state index contributed by atoms with van der Waals surface area (Å²) in [6.07, 6.45) is 3.62. The van der Waals surface area contributed by atoms with Gasteiger partial charge in [0.2, 0.25) is 5.88 Å². The summed E-state index contributed by atoms with van der Waals surface area (Å²) in [6, 6.07) is 3.76. The third-order valence-corrected chi connectivity index (χ3v) is 3.35. The van der Waals surface area contributed by atoms with Crippen LogP contribution in [0, 0.1) is 0 Å². The van der Waals surface area contributed by atoms with E-state index in [1.165, 1.54) is 0 Å². The van der Waals surface area contributed by atoms with E-state index in [4.69, 9.17) is 4.74 Å². The molecule has 0 unspecified atom stereocenters. The van der Waals surface area contributed by atoms with Crippen molar-refractivity contribution in [2.45, 2.75) is 25.8 Å². The molecule has 0 atom stereocenters. The number of piperidine rings is 1. The number of ether oxygens (including phenoxy) is 1. The summed E-state index contributed by atoms with van der Waals surface area (Å²) in [6.45, 7) is 4.44. The third kappa shape index (κ3) is 3.67. The van der Waals surface area contributed by atoms with Crippen LogP contribution < -0.4 is 10.1 Å². The molecular formula is C14H21N3O2. The van der Waals surface area contributed by atoms with Gasteiger partial charge in [0.05, 0.1) is 6.61 Å². The van der Waals surface area contributed by atoms with Gasteiger partial charge in [-0.05, 0) is 52.0 Å². The lowest BCUT2D eigenvalue weighted by molar-refractivity contribution is 0.0912. The molecule has 0 bridgehead atoms. The van der Waals surface area contributed by atoms with Crippen LogP contribution in [0.1, 0.15) is 30.1 Å². The van der Waals surface area contributed by atoms with Crippen LogP contribution in [0.15, 0.2) is 18.3 Å². The number of likely N-dealkylation sites (tertiary alicyclic amines) is 1. The molecular weight excluding hydrogens is 242 g/mol. The Bertz CT molecular complexity index is 428. The number of nitrogens with one attached hydrogen (secondary N) is 1. The van der Waals surface area contributed by atoms with E-state index >= 15 is 0 Å². The summed E-state index contributed by atoms with van der Waals surface area (Å²) in [5.41, 5.74) is 0.517. The monoisotopic (exact) mass is 263 g/mol. The van der Waals surface area contributed by atoms with E-state index < -0.39 is 0 Å². The highest BCUT2D eigenvalue weighted by Gasteiger charge is 2.21. The number of carbonyl (C=O) groups is 1. The molecule has 1 saturated heterocycles. The molecule has 1 N–H and O–H groups in total. The summed E-state index contributed by atoms with van der Waals surface area (Å²) < 4.78 is 5.38. The second kappa shape index (κ2) is 6.52. The molecule has 1 aromatic rings. The van der Waals surface area contributed by atoms with Crippen molar-refractivity contribution in [3.8, 4) is 5.88 Å². The van der Waals surface area contributed by atoms with Gasteiger partial charge in [-0.1, -0.05) is 0 Å². The first kappa shape index (κ1) is 13.8. The highest BCUT2D eigenvalue weighted by molar-refractivity contribution is 5.96. The van der Waals surface area contributed by atoms with Crippen molar-refractivity contribution in [1.29, 1.82) is 0 Å². The van der Waals surface area contributed by atoms with Gasteiger partial charge in [0.15, 0.2) is 0 Å². The maximum atomic E-state index is 12.2. The van der Waals surface area contributed by atoms with E-state index in [1.807, 2.05) is 6.92 Å². The summed E-state index contributed by atoms with van der Waals surface area (Å²) in [4.78, 5) is 18.6. The minimum absolute atomic E-state index is 0.0916. The first-order valence-corrected chi connectivity index (χ1v) is 6.78. The molecule has 0 spiro atoms. The SMILES string of the molecule is CCOc1ncccc1C(=O)NC1CCN(C)CC1. The van der Waals surface area contributed by atoms with Crippen LogP contribution in [-0.2, 0) is 0 Å². The van der Waals surface area contributed by atoms with Crippen LogP contribution in [0.5, 0.6) is 5.88 Å². The summed E-state index contributed by atoms with van der Waals surface area (Å²) in [5, 5.41) is 3.07. The molecule has 1 aliphatic heterocycles. The molecule has 5 heteroatoms. The molecule has 19 heavy (non-hydrogen) atoms. The maximum Gasteiger partial charge on any atom is 0.256 e. The molecule has 0 saturated carbocycles. The van der Waals surface area contributed by atoms with Crippen LogP contribution in [0.2, 0.25) is 0 Å². The fourth-order valence-corrected chi connectivity index (χ4v) is 2.23. The van der Waals surface area contributed by atoms with Crippen LogP contribution in [0.25, 0.3) is 0 Å². The Hall–Kier alpha value is -1.62. The van der Waals surface area contributed by atoms with Crippen LogP contribution >= 0.6 is 0 Å². The molecule has 2 rings (SSSR count). The number of rotatable bonds is 4. The van der Waals surface area contributed by atoms with E-state index in [0.717, 1.165) is 25.9 Å². The van der Waals surface area contributed by atoms with Crippen molar-refractivity contribution in [3.05, 3.63) is 23.9 Å². The summed E-state index contributed by atoms with van der Waals surface area (Å²) in [7, 11) is 2.10. The van der Waals surface area contributed by atoms with Gasteiger partial charge in [0.25, 0.3) is 5.91 Å². The van der Waals surface area contributed by atoms with E-state index in [2.05, 4.69) is 22.2 Å². The van der Waals surface area contributed by atoms with Gasteiger partial charge < -0.3 is 15.0 Å². The molecule has 0 radical (unpaired) electrons. The van der Waals surface area contributed by atoms with Gasteiger partial charge in [0, 0.05) is 12.2 Å². The Morgan fingerprint density at radius 2 is 2.26 bits per heavy atom. The quantitative estimate of drug-likeness (QED) is 0.889. The predicted octanol–water partition coefficient (Wildman–Crippen LogP) is 1.30. The zero-order valence-corrected chi connectivity index (χ0v) is 11.6. The van der Waals surface area contributed by atoms with Crippen molar-refractivity contribution < 1.29 is 9.53 Å². The van der Waals surface area contributed by atoms with E-state index in [-0.39, 0.29) is 11.9 Å². The van der Waals surface area contributed by atoms with E-state index in [9.17, 15) is 4.79 Å². The Labute approximate surface area is 114 Å². The van der Waals surface area contributed by atoms with Crippen molar-refractivity contribution in [1.82, 2.24) is 15.2 Å². The Balaban J connectivity index is 1.99. The van der Waals surface area contributed by atoms with Crippen LogP contribution in [0.4, 0.5) is 0 Å². The number of amides is 1. The molecule has 0 aromatic carbocycles. The third-order valence-electron chi connectivity index (χ3n) is 3.35. The van der Waals surface area contributed by atoms with Crippen molar-refractivity contribution in [2.75, 3.05) is 26.7 Å². The standard InChI is InChI=1S/C14H21N3O2/c1-3-19-14-12(5-4-8-15-14)13(18)16-11-6-9-17(2)10-7-11/h4-5,8,11H,3,6-7,9-10H2,1-2H3,(H,16,18). The van der Waals surface area contributed by atoms with Gasteiger partial charge in [0.1, 0.15) is 5.56 Å². The number of aromatic nitrogens is 1. The van der Waals surface area contributed by atoms with E-state index in [1.54, 1.807) is 18.3 Å². The number of carbonyl (C=O) groups excluding carboxylic acids is 1. The number of pyridine rings is 1. The lowest BCUT2D eigenvalue weighted by atomic mass is 10.1. The minimum atomic E-state index is -0.0916. The number of hydrogen-bond acceptors (Lipinski definition) is 4. The van der Waals surface area contributed by atoms with Crippen molar-refractivity contribution >= 4 is 5.91 Å². The lowest BCUT2D eigenvalue weighted by Gasteiger charge is -2.29. The fourth-order valence-electron chi connectivity index (χ4n) is 2.23. The largest absolute Gasteiger partial charge is 0.477 e.